The van der Waals surface area contributed by atoms with Crippen LogP contribution in [0.15, 0.2) is 0 Å². The van der Waals surface area contributed by atoms with Gasteiger partial charge in [-0.15, -0.1) is 0 Å². The first-order valence-corrected chi connectivity index (χ1v) is 6.36. The molecule has 2 rings (SSSR count). The van der Waals surface area contributed by atoms with Gasteiger partial charge in [0.25, 0.3) is 0 Å². The van der Waals surface area contributed by atoms with Crippen LogP contribution in [-0.4, -0.2) is 29.2 Å². The van der Waals surface area contributed by atoms with Crippen molar-refractivity contribution in [3.8, 4) is 0 Å². The topological polar surface area (TPSA) is 75.3 Å². The molecule has 0 aromatic carbocycles. The Balaban J connectivity index is 1.77. The molecular formula is C12H22N2O2. The zero-order chi connectivity index (χ0) is 11.6. The predicted molar refractivity (Wildman–Crippen MR) is 61.7 cm³/mol. The number of amides is 1. The Labute approximate surface area is 96.6 Å². The van der Waals surface area contributed by atoms with Crippen LogP contribution in [-0.2, 0) is 4.79 Å². The van der Waals surface area contributed by atoms with E-state index in [4.69, 9.17) is 5.73 Å². The highest BCUT2D eigenvalue weighted by Gasteiger charge is 2.35. The molecule has 0 heterocycles. The maximum absolute atomic E-state index is 11.9. The fraction of sp³-hybridized carbons (Fsp3) is 0.917. The second kappa shape index (κ2) is 4.72. The van der Waals surface area contributed by atoms with Crippen molar-refractivity contribution in [2.75, 3.05) is 6.54 Å². The lowest BCUT2D eigenvalue weighted by molar-refractivity contribution is -0.129. The highest BCUT2D eigenvalue weighted by atomic mass is 16.3. The number of carbonyl (C=O) groups is 1. The van der Waals surface area contributed by atoms with Crippen LogP contribution in [0.2, 0.25) is 0 Å². The van der Waals surface area contributed by atoms with E-state index in [1.54, 1.807) is 0 Å². The normalized spacial score (nSPS) is 35.5. The highest BCUT2D eigenvalue weighted by molar-refractivity contribution is 5.79. The summed E-state index contributed by atoms with van der Waals surface area (Å²) in [7, 11) is 0. The van der Waals surface area contributed by atoms with Gasteiger partial charge in [-0.2, -0.15) is 0 Å². The minimum Gasteiger partial charge on any atom is -0.389 e. The molecule has 0 unspecified atom stereocenters. The maximum Gasteiger partial charge on any atom is 0.223 e. The highest BCUT2D eigenvalue weighted by Crippen LogP contribution is 2.32. The van der Waals surface area contributed by atoms with E-state index in [-0.39, 0.29) is 11.8 Å². The van der Waals surface area contributed by atoms with Crippen LogP contribution < -0.4 is 11.1 Å². The molecule has 0 aliphatic heterocycles. The summed E-state index contributed by atoms with van der Waals surface area (Å²) in [5, 5.41) is 13.0. The first kappa shape index (κ1) is 11.9. The molecule has 2 aliphatic carbocycles. The second-order valence-electron chi connectivity index (χ2n) is 5.34. The van der Waals surface area contributed by atoms with Gasteiger partial charge in [-0.05, 0) is 44.9 Å². The number of hydrogen-bond donors (Lipinski definition) is 3. The number of aliphatic hydroxyl groups is 1. The first-order valence-electron chi connectivity index (χ1n) is 6.36. The Morgan fingerprint density at radius 2 is 1.94 bits per heavy atom. The van der Waals surface area contributed by atoms with Gasteiger partial charge in [0.1, 0.15) is 0 Å². The summed E-state index contributed by atoms with van der Waals surface area (Å²) in [5.74, 6) is 0.274. The molecule has 0 spiro atoms. The van der Waals surface area contributed by atoms with Crippen LogP contribution in [0.3, 0.4) is 0 Å². The first-order chi connectivity index (χ1) is 7.63. The van der Waals surface area contributed by atoms with E-state index in [0.717, 1.165) is 25.7 Å². The molecule has 0 bridgehead atoms. The fourth-order valence-electron chi connectivity index (χ4n) is 2.49. The number of hydrogen-bond acceptors (Lipinski definition) is 3. The molecular weight excluding hydrogens is 204 g/mol. The average molecular weight is 226 g/mol. The molecule has 2 saturated carbocycles. The molecule has 16 heavy (non-hydrogen) atoms. The number of rotatable bonds is 3. The maximum atomic E-state index is 11.9. The number of carbonyl (C=O) groups excluding carboxylic acids is 1. The lowest BCUT2D eigenvalue weighted by Gasteiger charge is -2.36. The molecule has 4 heteroatoms. The van der Waals surface area contributed by atoms with Gasteiger partial charge in [-0.1, -0.05) is 0 Å². The second-order valence-corrected chi connectivity index (χ2v) is 5.34. The number of nitrogens with two attached hydrogens (primary N) is 1. The minimum absolute atomic E-state index is 0.0902. The van der Waals surface area contributed by atoms with E-state index in [2.05, 4.69) is 5.32 Å². The summed E-state index contributed by atoms with van der Waals surface area (Å²) in [5.41, 5.74) is 4.80. The summed E-state index contributed by atoms with van der Waals surface area (Å²) in [6.45, 7) is 0.309. The fourth-order valence-corrected chi connectivity index (χ4v) is 2.49. The molecule has 2 fully saturated rings. The molecule has 0 atom stereocenters. The zero-order valence-corrected chi connectivity index (χ0v) is 9.74. The van der Waals surface area contributed by atoms with Crippen molar-refractivity contribution in [2.24, 2.45) is 11.7 Å². The van der Waals surface area contributed by atoms with E-state index < -0.39 is 5.60 Å². The summed E-state index contributed by atoms with van der Waals surface area (Å²) in [6.07, 6.45) is 6.36. The zero-order valence-electron chi connectivity index (χ0n) is 9.74. The third kappa shape index (κ3) is 2.55. The third-order valence-electron chi connectivity index (χ3n) is 4.12. The van der Waals surface area contributed by atoms with Crippen LogP contribution in [0.1, 0.15) is 44.9 Å². The van der Waals surface area contributed by atoms with Gasteiger partial charge in [0.2, 0.25) is 5.91 Å². The quantitative estimate of drug-likeness (QED) is 0.657. The van der Waals surface area contributed by atoms with Crippen molar-refractivity contribution < 1.29 is 9.90 Å². The van der Waals surface area contributed by atoms with Gasteiger partial charge in [-0.3, -0.25) is 4.79 Å². The molecule has 1 amide bonds. The van der Waals surface area contributed by atoms with Crippen LogP contribution >= 0.6 is 0 Å². The smallest absolute Gasteiger partial charge is 0.223 e. The van der Waals surface area contributed by atoms with Crippen molar-refractivity contribution in [2.45, 2.75) is 56.6 Å². The summed E-state index contributed by atoms with van der Waals surface area (Å²) < 4.78 is 0. The van der Waals surface area contributed by atoms with Crippen LogP contribution in [0.25, 0.3) is 0 Å². The van der Waals surface area contributed by atoms with Gasteiger partial charge in [0.15, 0.2) is 0 Å². The SMILES string of the molecule is NCC1(O)CCC(C(=O)NC2CCC2)CC1. The summed E-state index contributed by atoms with van der Waals surface area (Å²) >= 11 is 0. The Morgan fingerprint density at radius 3 is 2.38 bits per heavy atom. The van der Waals surface area contributed by atoms with Crippen molar-refractivity contribution in [1.82, 2.24) is 5.32 Å². The predicted octanol–water partition coefficient (Wildman–Crippen LogP) is 0.535. The number of nitrogens with one attached hydrogen (secondary N) is 1. The van der Waals surface area contributed by atoms with Crippen molar-refractivity contribution in [3.05, 3.63) is 0 Å². The summed E-state index contributed by atoms with van der Waals surface area (Å²) in [6, 6.07) is 0.419. The standard InChI is InChI=1S/C12H22N2O2/c13-8-12(16)6-4-9(5-7-12)11(15)14-10-2-1-3-10/h9-10,16H,1-8,13H2,(H,14,15). The van der Waals surface area contributed by atoms with Gasteiger partial charge in [0, 0.05) is 18.5 Å². The Kier molecular flexibility index (Phi) is 3.50. The van der Waals surface area contributed by atoms with Crippen molar-refractivity contribution in [3.63, 3.8) is 0 Å². The van der Waals surface area contributed by atoms with Gasteiger partial charge in [0.05, 0.1) is 5.60 Å². The Bertz CT molecular complexity index is 256. The molecule has 92 valence electrons. The molecule has 0 saturated heterocycles. The van der Waals surface area contributed by atoms with Crippen LogP contribution in [0.5, 0.6) is 0 Å². The molecule has 4 N–H and O–H groups in total. The van der Waals surface area contributed by atoms with Crippen LogP contribution in [0, 0.1) is 5.92 Å². The third-order valence-corrected chi connectivity index (χ3v) is 4.12. The van der Waals surface area contributed by atoms with Gasteiger partial charge < -0.3 is 16.2 Å². The Hall–Kier alpha value is -0.610. The minimum atomic E-state index is -0.715. The van der Waals surface area contributed by atoms with Crippen molar-refractivity contribution in [1.29, 1.82) is 0 Å². The van der Waals surface area contributed by atoms with Gasteiger partial charge >= 0.3 is 0 Å². The molecule has 4 nitrogen and oxygen atoms in total. The monoisotopic (exact) mass is 226 g/mol. The lowest BCUT2D eigenvalue weighted by Crippen LogP contribution is -2.47. The van der Waals surface area contributed by atoms with Gasteiger partial charge in [-0.25, -0.2) is 0 Å². The lowest BCUT2D eigenvalue weighted by atomic mass is 9.78. The summed E-state index contributed by atoms with van der Waals surface area (Å²) in [4.78, 5) is 11.9. The van der Waals surface area contributed by atoms with E-state index in [9.17, 15) is 9.90 Å². The van der Waals surface area contributed by atoms with Crippen molar-refractivity contribution >= 4 is 5.91 Å². The average Bonchev–Trinajstić information content (AvgIpc) is 2.24. The molecule has 0 aromatic heterocycles. The molecule has 0 aromatic rings. The van der Waals surface area contributed by atoms with E-state index >= 15 is 0 Å². The van der Waals surface area contributed by atoms with E-state index in [1.165, 1.54) is 6.42 Å². The van der Waals surface area contributed by atoms with Crippen LogP contribution in [0.4, 0.5) is 0 Å². The largest absolute Gasteiger partial charge is 0.389 e. The van der Waals surface area contributed by atoms with E-state index in [1.807, 2.05) is 0 Å². The Morgan fingerprint density at radius 1 is 1.31 bits per heavy atom. The van der Waals surface area contributed by atoms with E-state index in [0.29, 0.717) is 25.4 Å². The molecule has 0 radical (unpaired) electrons. The molecule has 2 aliphatic rings.